The van der Waals surface area contributed by atoms with Crippen LogP contribution in [0.5, 0.6) is 0 Å². The van der Waals surface area contributed by atoms with Crippen LogP contribution in [0.1, 0.15) is 28.0 Å². The SMILES string of the molecule is CCNC(=O)N1CCc2nc(NC(=O)c3cnccn3)sc2C1. The number of carbonyl (C=O) groups is 2. The number of amides is 3. The topological polar surface area (TPSA) is 100 Å². The van der Waals surface area contributed by atoms with E-state index in [-0.39, 0.29) is 17.6 Å². The fourth-order valence-corrected chi connectivity index (χ4v) is 3.28. The Morgan fingerprint density at radius 2 is 2.26 bits per heavy atom. The van der Waals surface area contributed by atoms with Crippen LogP contribution in [0, 0.1) is 0 Å². The number of anilines is 1. The summed E-state index contributed by atoms with van der Waals surface area (Å²) in [5, 5.41) is 6.04. The molecular weight excluding hydrogens is 316 g/mol. The number of thiazole rings is 1. The molecule has 0 bridgehead atoms. The minimum Gasteiger partial charge on any atom is -0.338 e. The van der Waals surface area contributed by atoms with Crippen molar-refractivity contribution in [2.75, 3.05) is 18.4 Å². The molecule has 3 heterocycles. The maximum Gasteiger partial charge on any atom is 0.317 e. The summed E-state index contributed by atoms with van der Waals surface area (Å²) in [7, 11) is 0. The highest BCUT2D eigenvalue weighted by Gasteiger charge is 2.24. The third-order valence-electron chi connectivity index (χ3n) is 3.36. The lowest BCUT2D eigenvalue weighted by atomic mass is 10.2. The molecule has 0 unspecified atom stereocenters. The first-order chi connectivity index (χ1) is 11.2. The third-order valence-corrected chi connectivity index (χ3v) is 4.36. The summed E-state index contributed by atoms with van der Waals surface area (Å²) in [6.07, 6.45) is 5.06. The predicted octanol–water partition coefficient (Wildman–Crippen LogP) is 1.27. The average Bonchev–Trinajstić information content (AvgIpc) is 2.97. The summed E-state index contributed by atoms with van der Waals surface area (Å²) in [6.45, 7) is 3.63. The van der Waals surface area contributed by atoms with Gasteiger partial charge in [-0.2, -0.15) is 0 Å². The van der Waals surface area contributed by atoms with Crippen LogP contribution < -0.4 is 10.6 Å². The lowest BCUT2D eigenvalue weighted by molar-refractivity contribution is 0.102. The number of urea groups is 1. The van der Waals surface area contributed by atoms with Gasteiger partial charge in [0.05, 0.1) is 18.4 Å². The first kappa shape index (κ1) is 15.3. The van der Waals surface area contributed by atoms with Crippen LogP contribution in [0.2, 0.25) is 0 Å². The van der Waals surface area contributed by atoms with Crippen molar-refractivity contribution in [2.24, 2.45) is 0 Å². The van der Waals surface area contributed by atoms with E-state index in [2.05, 4.69) is 25.6 Å². The minimum absolute atomic E-state index is 0.0725. The third kappa shape index (κ3) is 3.45. The molecule has 8 nitrogen and oxygen atoms in total. The highest BCUT2D eigenvalue weighted by Crippen LogP contribution is 2.28. The number of hydrogen-bond acceptors (Lipinski definition) is 6. The van der Waals surface area contributed by atoms with Gasteiger partial charge in [-0.3, -0.25) is 15.1 Å². The van der Waals surface area contributed by atoms with Crippen molar-refractivity contribution in [2.45, 2.75) is 19.9 Å². The van der Waals surface area contributed by atoms with Crippen molar-refractivity contribution in [3.63, 3.8) is 0 Å². The van der Waals surface area contributed by atoms with Gasteiger partial charge >= 0.3 is 6.03 Å². The van der Waals surface area contributed by atoms with Crippen LogP contribution >= 0.6 is 11.3 Å². The predicted molar refractivity (Wildman–Crippen MR) is 85.3 cm³/mol. The highest BCUT2D eigenvalue weighted by molar-refractivity contribution is 7.15. The second-order valence-electron chi connectivity index (χ2n) is 4.94. The molecule has 0 spiro atoms. The maximum atomic E-state index is 12.1. The molecule has 0 fully saturated rings. The number of fused-ring (bicyclic) bond motifs is 1. The molecule has 1 aliphatic rings. The second-order valence-corrected chi connectivity index (χ2v) is 6.02. The molecule has 9 heteroatoms. The van der Waals surface area contributed by atoms with E-state index >= 15 is 0 Å². The summed E-state index contributed by atoms with van der Waals surface area (Å²) >= 11 is 1.38. The Morgan fingerprint density at radius 3 is 3.00 bits per heavy atom. The van der Waals surface area contributed by atoms with Crippen LogP contribution in [-0.4, -0.2) is 44.9 Å². The van der Waals surface area contributed by atoms with E-state index in [1.54, 1.807) is 4.90 Å². The van der Waals surface area contributed by atoms with Crippen molar-refractivity contribution in [1.29, 1.82) is 0 Å². The Hall–Kier alpha value is -2.55. The maximum absolute atomic E-state index is 12.1. The van der Waals surface area contributed by atoms with E-state index in [4.69, 9.17) is 0 Å². The molecule has 0 aliphatic carbocycles. The molecule has 0 radical (unpaired) electrons. The van der Waals surface area contributed by atoms with Gasteiger partial charge < -0.3 is 10.2 Å². The number of carbonyl (C=O) groups excluding carboxylic acids is 2. The van der Waals surface area contributed by atoms with Crippen LogP contribution in [0.25, 0.3) is 0 Å². The van der Waals surface area contributed by atoms with Crippen molar-refractivity contribution >= 4 is 28.4 Å². The lowest BCUT2D eigenvalue weighted by Gasteiger charge is -2.25. The summed E-state index contributed by atoms with van der Waals surface area (Å²) in [6, 6.07) is -0.0725. The van der Waals surface area contributed by atoms with E-state index in [0.717, 1.165) is 10.6 Å². The Labute approximate surface area is 137 Å². The van der Waals surface area contributed by atoms with Crippen molar-refractivity contribution in [1.82, 2.24) is 25.2 Å². The van der Waals surface area contributed by atoms with Crippen molar-refractivity contribution < 1.29 is 9.59 Å². The summed E-state index contributed by atoms with van der Waals surface area (Å²) in [5.41, 5.74) is 1.18. The molecule has 3 amide bonds. The highest BCUT2D eigenvalue weighted by atomic mass is 32.1. The normalized spacial score (nSPS) is 13.3. The van der Waals surface area contributed by atoms with Crippen molar-refractivity contribution in [3.05, 3.63) is 34.9 Å². The molecule has 2 aromatic rings. The lowest BCUT2D eigenvalue weighted by Crippen LogP contribution is -2.42. The van der Waals surface area contributed by atoms with E-state index in [1.807, 2.05) is 6.92 Å². The van der Waals surface area contributed by atoms with Gasteiger partial charge in [-0.25, -0.2) is 14.8 Å². The molecule has 3 rings (SSSR count). The van der Waals surface area contributed by atoms with E-state index in [9.17, 15) is 9.59 Å². The van der Waals surface area contributed by atoms with Gasteiger partial charge in [0.1, 0.15) is 5.69 Å². The second kappa shape index (κ2) is 6.69. The fourth-order valence-electron chi connectivity index (χ4n) is 2.26. The molecule has 1 aliphatic heterocycles. The molecule has 23 heavy (non-hydrogen) atoms. The zero-order valence-electron chi connectivity index (χ0n) is 12.6. The van der Waals surface area contributed by atoms with E-state index < -0.39 is 0 Å². The number of hydrogen-bond donors (Lipinski definition) is 2. The summed E-state index contributed by atoms with van der Waals surface area (Å²) in [4.78, 5) is 39.0. The Balaban J connectivity index is 1.69. The zero-order valence-corrected chi connectivity index (χ0v) is 13.4. The monoisotopic (exact) mass is 332 g/mol. The first-order valence-electron chi connectivity index (χ1n) is 7.26. The smallest absolute Gasteiger partial charge is 0.317 e. The van der Waals surface area contributed by atoms with E-state index in [1.165, 1.54) is 29.9 Å². The standard InChI is InChI=1S/C14H16N6O2S/c1-2-16-14(22)20-6-3-9-11(8-20)23-13(18-9)19-12(21)10-7-15-4-5-17-10/h4-5,7H,2-3,6,8H2,1H3,(H,16,22)(H,18,19,21). The zero-order chi connectivity index (χ0) is 16.2. The molecular formula is C14H16N6O2S. The summed E-state index contributed by atoms with van der Waals surface area (Å²) in [5.74, 6) is -0.343. The minimum atomic E-state index is -0.343. The van der Waals surface area contributed by atoms with Gasteiger partial charge in [0.25, 0.3) is 5.91 Å². The fraction of sp³-hybridized carbons (Fsp3) is 0.357. The summed E-state index contributed by atoms with van der Waals surface area (Å²) < 4.78 is 0. The number of nitrogens with one attached hydrogen (secondary N) is 2. The molecule has 120 valence electrons. The molecule has 0 atom stereocenters. The van der Waals surface area contributed by atoms with Gasteiger partial charge in [-0.15, -0.1) is 0 Å². The first-order valence-corrected chi connectivity index (χ1v) is 8.07. The van der Waals surface area contributed by atoms with Gasteiger partial charge in [-0.1, -0.05) is 11.3 Å². The van der Waals surface area contributed by atoms with Crippen LogP contribution in [0.15, 0.2) is 18.6 Å². The largest absolute Gasteiger partial charge is 0.338 e. The average molecular weight is 332 g/mol. The van der Waals surface area contributed by atoms with Crippen LogP contribution in [-0.2, 0) is 13.0 Å². The Kier molecular flexibility index (Phi) is 4.47. The Bertz CT molecular complexity index is 717. The van der Waals surface area contributed by atoms with Crippen molar-refractivity contribution in [3.8, 4) is 0 Å². The number of rotatable bonds is 3. The van der Waals surface area contributed by atoms with Crippen LogP contribution in [0.4, 0.5) is 9.93 Å². The molecule has 2 N–H and O–H groups in total. The van der Waals surface area contributed by atoms with Gasteiger partial charge in [-0.05, 0) is 6.92 Å². The molecule has 2 aromatic heterocycles. The van der Waals surface area contributed by atoms with Gasteiger partial charge in [0, 0.05) is 36.8 Å². The van der Waals surface area contributed by atoms with Gasteiger partial charge in [0.15, 0.2) is 5.13 Å². The molecule has 0 saturated heterocycles. The van der Waals surface area contributed by atoms with Gasteiger partial charge in [0.2, 0.25) is 0 Å². The molecule has 0 saturated carbocycles. The Morgan fingerprint density at radius 1 is 1.39 bits per heavy atom. The molecule has 0 aromatic carbocycles. The van der Waals surface area contributed by atoms with E-state index in [0.29, 0.717) is 31.2 Å². The van der Waals surface area contributed by atoms with Crippen LogP contribution in [0.3, 0.4) is 0 Å². The number of aromatic nitrogens is 3. The number of nitrogens with zero attached hydrogens (tertiary/aromatic N) is 4. The quantitative estimate of drug-likeness (QED) is 0.882.